The van der Waals surface area contributed by atoms with Crippen LogP contribution in [0.2, 0.25) is 0 Å². The molecule has 2 heterocycles. The van der Waals surface area contributed by atoms with Gasteiger partial charge in [0.1, 0.15) is 6.10 Å². The minimum Gasteiger partial charge on any atom is -0.444 e. The summed E-state index contributed by atoms with van der Waals surface area (Å²) < 4.78 is 5.30. The number of hydrogen-bond donors (Lipinski definition) is 1. The lowest BCUT2D eigenvalue weighted by Crippen LogP contribution is -2.62. The lowest BCUT2D eigenvalue weighted by molar-refractivity contribution is -0.0114. The third kappa shape index (κ3) is 2.98. The number of thiocarbonyl (C=S) groups is 1. The zero-order valence-electron chi connectivity index (χ0n) is 15.8. The van der Waals surface area contributed by atoms with Gasteiger partial charge in [-0.1, -0.05) is 0 Å². The highest BCUT2D eigenvalue weighted by Crippen LogP contribution is 2.55. The topological polar surface area (TPSA) is 44.8 Å². The average Bonchev–Trinajstić information content (AvgIpc) is 2.91. The Labute approximate surface area is 161 Å². The molecule has 0 spiro atoms. The Morgan fingerprint density at radius 1 is 1.12 bits per heavy atom. The van der Waals surface area contributed by atoms with Crippen LogP contribution in [0.5, 0.6) is 0 Å². The van der Waals surface area contributed by atoms with Crippen LogP contribution in [-0.2, 0) is 4.74 Å². The van der Waals surface area contributed by atoms with Gasteiger partial charge < -0.3 is 19.9 Å². The molecule has 5 nitrogen and oxygen atoms in total. The van der Waals surface area contributed by atoms with E-state index < -0.39 is 0 Å². The Balaban J connectivity index is 1.17. The minimum absolute atomic E-state index is 0.0272. The van der Waals surface area contributed by atoms with Gasteiger partial charge in [-0.05, 0) is 88.3 Å². The number of piperidine rings is 1. The van der Waals surface area contributed by atoms with Crippen molar-refractivity contribution in [2.75, 3.05) is 19.6 Å². The summed E-state index contributed by atoms with van der Waals surface area (Å²) in [4.78, 5) is 16.2. The summed E-state index contributed by atoms with van der Waals surface area (Å²) >= 11 is 5.83. The first-order valence-corrected chi connectivity index (χ1v) is 10.9. The Morgan fingerprint density at radius 2 is 1.69 bits per heavy atom. The lowest BCUT2D eigenvalue weighted by atomic mass is 9.53. The van der Waals surface area contributed by atoms with Gasteiger partial charge in [0.05, 0.1) is 6.54 Å². The molecule has 4 bridgehead atoms. The standard InChI is InChI=1S/C20H31N3O2S/c1-13-12-23(19(24)25-13)17-2-4-22(5-3-17)18(26)21-20-9-14-6-15(10-20)8-16(7-14)11-20/h13-17H,2-12H2,1H3,(H,21,26). The number of nitrogens with one attached hydrogen (secondary N) is 1. The molecule has 1 unspecified atom stereocenters. The van der Waals surface area contributed by atoms with Gasteiger partial charge >= 0.3 is 6.09 Å². The van der Waals surface area contributed by atoms with Crippen molar-refractivity contribution in [3.05, 3.63) is 0 Å². The summed E-state index contributed by atoms with van der Waals surface area (Å²) in [6, 6.07) is 0.311. The fourth-order valence-corrected chi connectivity index (χ4v) is 7.28. The molecule has 26 heavy (non-hydrogen) atoms. The smallest absolute Gasteiger partial charge is 0.410 e. The normalized spacial score (nSPS) is 42.3. The highest BCUT2D eigenvalue weighted by Gasteiger charge is 2.51. The SMILES string of the molecule is CC1CN(C2CCN(C(=S)NC34CC5CC(CC(C5)C3)C4)CC2)C(=O)O1. The van der Waals surface area contributed by atoms with Crippen molar-refractivity contribution >= 4 is 23.4 Å². The third-order valence-corrected chi connectivity index (χ3v) is 7.95. The first-order chi connectivity index (χ1) is 12.5. The van der Waals surface area contributed by atoms with Crippen LogP contribution >= 0.6 is 12.2 Å². The van der Waals surface area contributed by atoms with Crippen LogP contribution in [0, 0.1) is 17.8 Å². The van der Waals surface area contributed by atoms with Crippen molar-refractivity contribution in [3.63, 3.8) is 0 Å². The van der Waals surface area contributed by atoms with E-state index >= 15 is 0 Å². The van der Waals surface area contributed by atoms with E-state index in [4.69, 9.17) is 17.0 Å². The zero-order valence-corrected chi connectivity index (χ0v) is 16.6. The van der Waals surface area contributed by atoms with Gasteiger partial charge in [-0.25, -0.2) is 4.79 Å². The minimum atomic E-state index is -0.134. The molecule has 1 atom stereocenters. The van der Waals surface area contributed by atoms with Gasteiger partial charge in [-0.2, -0.15) is 0 Å². The summed E-state index contributed by atoms with van der Waals surface area (Å²) in [6.45, 7) is 4.60. The monoisotopic (exact) mass is 377 g/mol. The number of cyclic esters (lactones) is 1. The summed E-state index contributed by atoms with van der Waals surface area (Å²) in [5.41, 5.74) is 0.289. The predicted molar refractivity (Wildman–Crippen MR) is 104 cm³/mol. The lowest BCUT2D eigenvalue weighted by Gasteiger charge is -2.57. The Kier molecular flexibility index (Phi) is 4.11. The molecular formula is C20H31N3O2S. The first-order valence-electron chi connectivity index (χ1n) is 10.5. The molecule has 1 amide bonds. The number of likely N-dealkylation sites (tertiary alicyclic amines) is 1. The second kappa shape index (κ2) is 6.25. The van der Waals surface area contributed by atoms with Crippen LogP contribution in [0.15, 0.2) is 0 Å². The van der Waals surface area contributed by atoms with Gasteiger partial charge in [-0.15, -0.1) is 0 Å². The van der Waals surface area contributed by atoms with E-state index in [2.05, 4.69) is 10.2 Å². The molecule has 0 aromatic rings. The number of carbonyl (C=O) groups excluding carboxylic acids is 1. The maximum absolute atomic E-state index is 12.0. The van der Waals surface area contributed by atoms with Crippen LogP contribution in [0.3, 0.4) is 0 Å². The van der Waals surface area contributed by atoms with E-state index in [0.29, 0.717) is 6.04 Å². The van der Waals surface area contributed by atoms with E-state index in [1.165, 1.54) is 38.5 Å². The van der Waals surface area contributed by atoms with E-state index in [1.807, 2.05) is 11.8 Å². The van der Waals surface area contributed by atoms with Gasteiger partial charge in [0, 0.05) is 24.7 Å². The highest BCUT2D eigenvalue weighted by molar-refractivity contribution is 7.80. The number of carbonyl (C=O) groups is 1. The second-order valence-electron chi connectivity index (χ2n) is 9.69. The Morgan fingerprint density at radius 3 is 2.19 bits per heavy atom. The van der Waals surface area contributed by atoms with Crippen LogP contribution in [0.25, 0.3) is 0 Å². The molecule has 0 radical (unpaired) electrons. The maximum Gasteiger partial charge on any atom is 0.410 e. The van der Waals surface area contributed by atoms with Crippen LogP contribution in [0.1, 0.15) is 58.3 Å². The summed E-state index contributed by atoms with van der Waals surface area (Å²) in [7, 11) is 0. The number of nitrogens with zero attached hydrogens (tertiary/aromatic N) is 2. The van der Waals surface area contributed by atoms with Gasteiger partial charge in [0.2, 0.25) is 0 Å². The zero-order chi connectivity index (χ0) is 17.9. The summed E-state index contributed by atoms with van der Waals surface area (Å²) in [6.07, 6.45) is 10.2. The number of amides is 1. The molecule has 4 saturated carbocycles. The molecule has 6 fully saturated rings. The Bertz CT molecular complexity index is 567. The van der Waals surface area contributed by atoms with Crippen LogP contribution in [0.4, 0.5) is 4.79 Å². The third-order valence-electron chi connectivity index (χ3n) is 7.59. The van der Waals surface area contributed by atoms with E-state index in [-0.39, 0.29) is 17.7 Å². The fourth-order valence-electron chi connectivity index (χ4n) is 6.88. The molecule has 144 valence electrons. The van der Waals surface area contributed by atoms with Gasteiger partial charge in [0.15, 0.2) is 5.11 Å². The first kappa shape index (κ1) is 17.1. The fraction of sp³-hybridized carbons (Fsp3) is 0.900. The largest absolute Gasteiger partial charge is 0.444 e. The molecule has 2 saturated heterocycles. The van der Waals surface area contributed by atoms with Crippen LogP contribution < -0.4 is 5.32 Å². The molecule has 0 aromatic heterocycles. The molecule has 6 aliphatic rings. The molecule has 6 heteroatoms. The van der Waals surface area contributed by atoms with E-state index in [9.17, 15) is 4.79 Å². The van der Waals surface area contributed by atoms with E-state index in [1.54, 1.807) is 0 Å². The summed E-state index contributed by atoms with van der Waals surface area (Å²) in [5, 5.41) is 4.81. The van der Waals surface area contributed by atoms with Crippen molar-refractivity contribution in [2.24, 2.45) is 17.8 Å². The summed E-state index contributed by atoms with van der Waals surface area (Å²) in [5.74, 6) is 2.81. The average molecular weight is 378 g/mol. The number of rotatable bonds is 2. The van der Waals surface area contributed by atoms with Crippen molar-refractivity contribution < 1.29 is 9.53 Å². The molecule has 1 N–H and O–H groups in total. The van der Waals surface area contributed by atoms with Crippen molar-refractivity contribution in [1.82, 2.24) is 15.1 Å². The van der Waals surface area contributed by atoms with Gasteiger partial charge in [0.25, 0.3) is 0 Å². The van der Waals surface area contributed by atoms with E-state index in [0.717, 1.165) is 55.3 Å². The van der Waals surface area contributed by atoms with Crippen molar-refractivity contribution in [2.45, 2.75) is 76.0 Å². The quantitative estimate of drug-likeness (QED) is 0.749. The number of ether oxygens (including phenoxy) is 1. The number of hydrogen-bond acceptors (Lipinski definition) is 3. The van der Waals surface area contributed by atoms with Gasteiger partial charge in [-0.3, -0.25) is 0 Å². The molecule has 2 aliphatic heterocycles. The highest BCUT2D eigenvalue weighted by atomic mass is 32.1. The molecular weight excluding hydrogens is 346 g/mol. The predicted octanol–water partition coefficient (Wildman–Crippen LogP) is 3.13. The van der Waals surface area contributed by atoms with Crippen molar-refractivity contribution in [1.29, 1.82) is 0 Å². The maximum atomic E-state index is 12.0. The molecule has 0 aromatic carbocycles. The Hall–Kier alpha value is -1.04. The molecule has 4 aliphatic carbocycles. The second-order valence-corrected chi connectivity index (χ2v) is 10.1. The van der Waals surface area contributed by atoms with Crippen molar-refractivity contribution in [3.8, 4) is 0 Å². The van der Waals surface area contributed by atoms with Crippen LogP contribution in [-0.4, -0.2) is 58.3 Å². The molecule has 6 rings (SSSR count).